The Hall–Kier alpha value is -1.38. The van der Waals surface area contributed by atoms with Crippen LogP contribution in [0.5, 0.6) is 0 Å². The Balaban J connectivity index is 1.81. The van der Waals surface area contributed by atoms with E-state index in [1.165, 1.54) is 31.4 Å². The van der Waals surface area contributed by atoms with E-state index >= 15 is 0 Å². The Morgan fingerprint density at radius 2 is 2.22 bits per heavy atom. The summed E-state index contributed by atoms with van der Waals surface area (Å²) in [4.78, 5) is 2.16. The average molecular weight is 246 g/mol. The monoisotopic (exact) mass is 246 g/mol. The highest BCUT2D eigenvalue weighted by Crippen LogP contribution is 2.37. The van der Waals surface area contributed by atoms with Crippen LogP contribution >= 0.6 is 0 Å². The van der Waals surface area contributed by atoms with Crippen LogP contribution in [0.1, 0.15) is 43.7 Å². The fourth-order valence-corrected chi connectivity index (χ4v) is 2.89. The van der Waals surface area contributed by atoms with Crippen molar-refractivity contribution in [3.05, 3.63) is 35.1 Å². The maximum Gasteiger partial charge on any atom is 0.129 e. The molecule has 96 valence electrons. The lowest BCUT2D eigenvalue weighted by atomic mass is 10.1. The van der Waals surface area contributed by atoms with Gasteiger partial charge in [0.1, 0.15) is 11.7 Å². The van der Waals surface area contributed by atoms with Gasteiger partial charge in [0.05, 0.1) is 0 Å². The molecule has 1 saturated carbocycles. The van der Waals surface area contributed by atoms with Crippen molar-refractivity contribution in [1.29, 1.82) is 5.41 Å². The SMILES string of the molecule is CCC(CC1CC1)N1Cc2ccc(F)cc2C1=N. The number of rotatable bonds is 4. The molecule has 1 fully saturated rings. The quantitative estimate of drug-likeness (QED) is 0.864. The zero-order chi connectivity index (χ0) is 12.7. The molecule has 0 bridgehead atoms. The normalized spacial score (nSPS) is 20.1. The predicted molar refractivity (Wildman–Crippen MR) is 70.2 cm³/mol. The minimum absolute atomic E-state index is 0.240. The number of amidine groups is 1. The summed E-state index contributed by atoms with van der Waals surface area (Å²) in [6.07, 6.45) is 4.95. The zero-order valence-electron chi connectivity index (χ0n) is 10.7. The summed E-state index contributed by atoms with van der Waals surface area (Å²) >= 11 is 0. The maximum atomic E-state index is 13.3. The van der Waals surface area contributed by atoms with Crippen LogP contribution in [0.4, 0.5) is 4.39 Å². The lowest BCUT2D eigenvalue weighted by Gasteiger charge is -2.28. The van der Waals surface area contributed by atoms with Gasteiger partial charge in [-0.2, -0.15) is 0 Å². The number of hydrogen-bond donors (Lipinski definition) is 1. The third kappa shape index (κ3) is 2.02. The highest BCUT2D eigenvalue weighted by atomic mass is 19.1. The molecule has 1 aliphatic heterocycles. The molecule has 0 amide bonds. The third-order valence-electron chi connectivity index (χ3n) is 4.17. The smallest absolute Gasteiger partial charge is 0.129 e. The molecular formula is C15H19FN2. The van der Waals surface area contributed by atoms with Gasteiger partial charge in [-0.3, -0.25) is 5.41 Å². The third-order valence-corrected chi connectivity index (χ3v) is 4.17. The van der Waals surface area contributed by atoms with E-state index in [4.69, 9.17) is 5.41 Å². The Morgan fingerprint density at radius 1 is 1.44 bits per heavy atom. The summed E-state index contributed by atoms with van der Waals surface area (Å²) in [7, 11) is 0. The van der Waals surface area contributed by atoms with E-state index in [9.17, 15) is 4.39 Å². The summed E-state index contributed by atoms with van der Waals surface area (Å²) in [5.74, 6) is 1.13. The molecule has 2 aliphatic rings. The van der Waals surface area contributed by atoms with Crippen molar-refractivity contribution in [2.75, 3.05) is 0 Å². The number of halogens is 1. The van der Waals surface area contributed by atoms with E-state index in [0.29, 0.717) is 11.9 Å². The van der Waals surface area contributed by atoms with Crippen LogP contribution < -0.4 is 0 Å². The number of nitrogens with one attached hydrogen (secondary N) is 1. The second-order valence-corrected chi connectivity index (χ2v) is 5.52. The Kier molecular flexibility index (Phi) is 2.84. The molecule has 18 heavy (non-hydrogen) atoms. The van der Waals surface area contributed by atoms with E-state index in [1.807, 2.05) is 6.07 Å². The van der Waals surface area contributed by atoms with Crippen molar-refractivity contribution in [2.24, 2.45) is 5.92 Å². The van der Waals surface area contributed by atoms with Gasteiger partial charge in [-0.1, -0.05) is 25.8 Å². The van der Waals surface area contributed by atoms with Crippen molar-refractivity contribution in [3.63, 3.8) is 0 Å². The molecule has 2 nitrogen and oxygen atoms in total. The number of fused-ring (bicyclic) bond motifs is 1. The second kappa shape index (κ2) is 4.38. The molecule has 1 heterocycles. The Labute approximate surface area is 107 Å². The van der Waals surface area contributed by atoms with E-state index in [0.717, 1.165) is 30.0 Å². The van der Waals surface area contributed by atoms with Crippen molar-refractivity contribution >= 4 is 5.84 Å². The van der Waals surface area contributed by atoms with E-state index in [2.05, 4.69) is 11.8 Å². The Morgan fingerprint density at radius 3 is 2.89 bits per heavy atom. The van der Waals surface area contributed by atoms with E-state index in [-0.39, 0.29) is 5.82 Å². The molecule has 3 heteroatoms. The molecule has 1 aromatic carbocycles. The first-order valence-corrected chi connectivity index (χ1v) is 6.83. The fourth-order valence-electron chi connectivity index (χ4n) is 2.89. The standard InChI is InChI=1S/C15H19FN2/c1-2-13(7-10-3-4-10)18-9-11-5-6-12(16)8-14(11)15(18)17/h5-6,8,10,13,17H,2-4,7,9H2,1H3. The minimum atomic E-state index is -0.240. The first kappa shape index (κ1) is 11.7. The van der Waals surface area contributed by atoms with Crippen LogP contribution in [0.2, 0.25) is 0 Å². The van der Waals surface area contributed by atoms with Crippen molar-refractivity contribution in [3.8, 4) is 0 Å². The highest BCUT2D eigenvalue weighted by molar-refractivity contribution is 6.00. The van der Waals surface area contributed by atoms with Crippen LogP contribution in [0.15, 0.2) is 18.2 Å². The molecule has 1 aromatic rings. The van der Waals surface area contributed by atoms with Crippen molar-refractivity contribution < 1.29 is 4.39 Å². The van der Waals surface area contributed by atoms with Crippen molar-refractivity contribution in [2.45, 2.75) is 45.2 Å². The van der Waals surface area contributed by atoms with Gasteiger partial charge in [0.25, 0.3) is 0 Å². The van der Waals surface area contributed by atoms with Gasteiger partial charge in [-0.15, -0.1) is 0 Å². The average Bonchev–Trinajstić information content (AvgIpc) is 3.13. The largest absolute Gasteiger partial charge is 0.349 e. The lowest BCUT2D eigenvalue weighted by molar-refractivity contribution is 0.279. The van der Waals surface area contributed by atoms with Gasteiger partial charge in [0.2, 0.25) is 0 Å². The number of benzene rings is 1. The number of nitrogens with zero attached hydrogens (tertiary/aromatic N) is 1. The van der Waals surface area contributed by atoms with Gasteiger partial charge in [-0.05, 0) is 36.5 Å². The summed E-state index contributed by atoms with van der Waals surface area (Å²) in [6.45, 7) is 2.96. The van der Waals surface area contributed by atoms with E-state index in [1.54, 1.807) is 0 Å². The van der Waals surface area contributed by atoms with Crippen LogP contribution in [-0.4, -0.2) is 16.8 Å². The topological polar surface area (TPSA) is 27.1 Å². The molecule has 0 aromatic heterocycles. The first-order chi connectivity index (χ1) is 8.69. The lowest BCUT2D eigenvalue weighted by Crippen LogP contribution is -2.35. The predicted octanol–water partition coefficient (Wildman–Crippen LogP) is 3.55. The minimum Gasteiger partial charge on any atom is -0.349 e. The van der Waals surface area contributed by atoms with Gasteiger partial charge in [0, 0.05) is 18.2 Å². The van der Waals surface area contributed by atoms with Gasteiger partial charge >= 0.3 is 0 Å². The van der Waals surface area contributed by atoms with Crippen molar-refractivity contribution in [1.82, 2.24) is 4.90 Å². The molecule has 3 rings (SSSR count). The molecule has 0 spiro atoms. The molecule has 1 atom stereocenters. The van der Waals surface area contributed by atoms with Gasteiger partial charge < -0.3 is 4.90 Å². The fraction of sp³-hybridized carbons (Fsp3) is 0.533. The summed E-state index contributed by atoms with van der Waals surface area (Å²) in [6, 6.07) is 5.27. The van der Waals surface area contributed by atoms with Crippen LogP contribution in [0.3, 0.4) is 0 Å². The zero-order valence-corrected chi connectivity index (χ0v) is 10.7. The summed E-state index contributed by atoms with van der Waals surface area (Å²) in [5, 5.41) is 8.24. The highest BCUT2D eigenvalue weighted by Gasteiger charge is 2.33. The molecule has 1 N–H and O–H groups in total. The van der Waals surface area contributed by atoms with Crippen LogP contribution in [-0.2, 0) is 6.54 Å². The molecule has 1 aliphatic carbocycles. The van der Waals surface area contributed by atoms with Crippen LogP contribution in [0, 0.1) is 17.1 Å². The second-order valence-electron chi connectivity index (χ2n) is 5.52. The first-order valence-electron chi connectivity index (χ1n) is 6.83. The summed E-state index contributed by atoms with van der Waals surface area (Å²) < 4.78 is 13.3. The Bertz CT molecular complexity index is 479. The summed E-state index contributed by atoms with van der Waals surface area (Å²) in [5.41, 5.74) is 1.87. The molecule has 1 unspecified atom stereocenters. The molecular weight excluding hydrogens is 227 g/mol. The maximum absolute atomic E-state index is 13.3. The van der Waals surface area contributed by atoms with Gasteiger partial charge in [0.15, 0.2) is 0 Å². The van der Waals surface area contributed by atoms with E-state index < -0.39 is 0 Å². The van der Waals surface area contributed by atoms with Gasteiger partial charge in [-0.25, -0.2) is 4.39 Å². The molecule has 0 radical (unpaired) electrons. The van der Waals surface area contributed by atoms with Crippen LogP contribution in [0.25, 0.3) is 0 Å². The number of hydrogen-bond acceptors (Lipinski definition) is 1. The molecule has 0 saturated heterocycles.